The maximum Gasteiger partial charge on any atom is 0.213 e. The Kier molecular flexibility index (Phi) is 5.86. The summed E-state index contributed by atoms with van der Waals surface area (Å²) in [5.41, 5.74) is 1.18. The van der Waals surface area contributed by atoms with E-state index in [2.05, 4.69) is 4.98 Å². The van der Waals surface area contributed by atoms with Crippen molar-refractivity contribution < 1.29 is 9.47 Å². The molecule has 1 aliphatic heterocycles. The standard InChI is InChI=1S/C11H15NO2.C2H6/c1-9-2-4-12-11(6-9)14-8-10-3-5-13-7-10;1-2/h2,4,6,10H,3,5,7-8H2,1H3;1-2H3. The molecule has 1 unspecified atom stereocenters. The van der Waals surface area contributed by atoms with Crippen molar-refractivity contribution in [1.29, 1.82) is 0 Å². The van der Waals surface area contributed by atoms with Crippen molar-refractivity contribution in [1.82, 2.24) is 4.98 Å². The summed E-state index contributed by atoms with van der Waals surface area (Å²) < 4.78 is 10.8. The van der Waals surface area contributed by atoms with Crippen molar-refractivity contribution in [2.75, 3.05) is 19.8 Å². The third-order valence-electron chi connectivity index (χ3n) is 2.38. The van der Waals surface area contributed by atoms with E-state index in [-0.39, 0.29) is 0 Å². The minimum absolute atomic E-state index is 0.539. The number of ether oxygens (including phenoxy) is 2. The quantitative estimate of drug-likeness (QED) is 0.789. The van der Waals surface area contributed by atoms with Crippen LogP contribution < -0.4 is 4.74 Å². The van der Waals surface area contributed by atoms with Gasteiger partial charge in [0, 0.05) is 24.8 Å². The van der Waals surface area contributed by atoms with Crippen LogP contribution in [0.4, 0.5) is 0 Å². The zero-order valence-electron chi connectivity index (χ0n) is 10.4. The predicted octanol–water partition coefficient (Wildman–Crippen LogP) is 2.83. The second-order valence-corrected chi connectivity index (χ2v) is 3.71. The van der Waals surface area contributed by atoms with Crippen LogP contribution in [0.3, 0.4) is 0 Å². The van der Waals surface area contributed by atoms with E-state index in [1.165, 1.54) is 5.56 Å². The van der Waals surface area contributed by atoms with E-state index in [1.807, 2.05) is 32.9 Å². The molecule has 1 aromatic heterocycles. The minimum atomic E-state index is 0.539. The van der Waals surface area contributed by atoms with Gasteiger partial charge in [0.25, 0.3) is 0 Å². The minimum Gasteiger partial charge on any atom is -0.477 e. The Morgan fingerprint density at radius 1 is 1.50 bits per heavy atom. The lowest BCUT2D eigenvalue weighted by Crippen LogP contribution is -2.12. The van der Waals surface area contributed by atoms with Crippen LogP contribution in [0, 0.1) is 12.8 Å². The lowest BCUT2D eigenvalue weighted by atomic mass is 10.1. The van der Waals surface area contributed by atoms with Gasteiger partial charge in [0.1, 0.15) is 0 Å². The van der Waals surface area contributed by atoms with Crippen molar-refractivity contribution in [3.05, 3.63) is 23.9 Å². The van der Waals surface area contributed by atoms with E-state index in [0.717, 1.165) is 32.1 Å². The highest BCUT2D eigenvalue weighted by Crippen LogP contribution is 2.15. The first-order valence-corrected chi connectivity index (χ1v) is 5.98. The fourth-order valence-electron chi connectivity index (χ4n) is 1.51. The van der Waals surface area contributed by atoms with E-state index in [1.54, 1.807) is 6.20 Å². The summed E-state index contributed by atoms with van der Waals surface area (Å²) in [5.74, 6) is 1.26. The van der Waals surface area contributed by atoms with Crippen molar-refractivity contribution in [2.24, 2.45) is 5.92 Å². The molecular formula is C13H21NO2. The molecule has 1 aromatic rings. The lowest BCUT2D eigenvalue weighted by Gasteiger charge is -2.09. The second-order valence-electron chi connectivity index (χ2n) is 3.71. The van der Waals surface area contributed by atoms with Crippen molar-refractivity contribution >= 4 is 0 Å². The molecule has 0 N–H and O–H groups in total. The maximum absolute atomic E-state index is 5.58. The molecule has 1 atom stereocenters. The van der Waals surface area contributed by atoms with Crippen LogP contribution in [0.15, 0.2) is 18.3 Å². The zero-order chi connectivity index (χ0) is 11.8. The molecular weight excluding hydrogens is 202 g/mol. The highest BCUT2D eigenvalue weighted by atomic mass is 16.5. The Morgan fingerprint density at radius 3 is 2.94 bits per heavy atom. The fraction of sp³-hybridized carbons (Fsp3) is 0.615. The second kappa shape index (κ2) is 7.23. The maximum atomic E-state index is 5.58. The average molecular weight is 223 g/mol. The van der Waals surface area contributed by atoms with E-state index in [4.69, 9.17) is 9.47 Å². The normalized spacial score (nSPS) is 18.8. The van der Waals surface area contributed by atoms with Gasteiger partial charge in [0.15, 0.2) is 0 Å². The summed E-state index contributed by atoms with van der Waals surface area (Å²) in [4.78, 5) is 4.14. The Morgan fingerprint density at radius 2 is 2.31 bits per heavy atom. The molecule has 0 radical (unpaired) electrons. The molecule has 0 bridgehead atoms. The van der Waals surface area contributed by atoms with Crippen LogP contribution in [0.25, 0.3) is 0 Å². The molecule has 0 spiro atoms. The summed E-state index contributed by atoms with van der Waals surface area (Å²) >= 11 is 0. The van der Waals surface area contributed by atoms with Gasteiger partial charge in [0.05, 0.1) is 13.2 Å². The Labute approximate surface area is 97.8 Å². The number of nitrogens with zero attached hydrogens (tertiary/aromatic N) is 1. The van der Waals surface area contributed by atoms with Crippen LogP contribution >= 0.6 is 0 Å². The Balaban J connectivity index is 0.000000606. The molecule has 0 saturated carbocycles. The van der Waals surface area contributed by atoms with E-state index < -0.39 is 0 Å². The summed E-state index contributed by atoms with van der Waals surface area (Å²) in [7, 11) is 0. The summed E-state index contributed by atoms with van der Waals surface area (Å²) in [6.45, 7) is 8.45. The molecule has 1 aliphatic rings. The first-order valence-electron chi connectivity index (χ1n) is 5.98. The molecule has 0 amide bonds. The monoisotopic (exact) mass is 223 g/mol. The molecule has 3 nitrogen and oxygen atoms in total. The Bertz CT molecular complexity index is 296. The van der Waals surface area contributed by atoms with Gasteiger partial charge in [-0.15, -0.1) is 0 Å². The summed E-state index contributed by atoms with van der Waals surface area (Å²) in [6.07, 6.45) is 2.88. The number of pyridine rings is 1. The highest BCUT2D eigenvalue weighted by molar-refractivity contribution is 5.18. The van der Waals surface area contributed by atoms with Crippen LogP contribution in [0.2, 0.25) is 0 Å². The lowest BCUT2D eigenvalue weighted by molar-refractivity contribution is 0.165. The molecule has 2 heterocycles. The van der Waals surface area contributed by atoms with Gasteiger partial charge in [-0.25, -0.2) is 4.98 Å². The molecule has 0 aromatic carbocycles. The van der Waals surface area contributed by atoms with E-state index >= 15 is 0 Å². The average Bonchev–Trinajstić information content (AvgIpc) is 2.82. The largest absolute Gasteiger partial charge is 0.477 e. The molecule has 1 fully saturated rings. The molecule has 1 saturated heterocycles. The molecule has 90 valence electrons. The number of rotatable bonds is 3. The highest BCUT2D eigenvalue weighted by Gasteiger charge is 2.16. The van der Waals surface area contributed by atoms with Gasteiger partial charge in [0.2, 0.25) is 5.88 Å². The van der Waals surface area contributed by atoms with Crippen molar-refractivity contribution in [2.45, 2.75) is 27.2 Å². The van der Waals surface area contributed by atoms with E-state index in [9.17, 15) is 0 Å². The van der Waals surface area contributed by atoms with Crippen LogP contribution in [-0.4, -0.2) is 24.8 Å². The first kappa shape index (κ1) is 13.0. The van der Waals surface area contributed by atoms with E-state index in [0.29, 0.717) is 5.92 Å². The number of aromatic nitrogens is 1. The number of hydrogen-bond acceptors (Lipinski definition) is 3. The Hall–Kier alpha value is -1.09. The topological polar surface area (TPSA) is 31.4 Å². The van der Waals surface area contributed by atoms with Gasteiger partial charge < -0.3 is 9.47 Å². The van der Waals surface area contributed by atoms with Crippen LogP contribution in [0.1, 0.15) is 25.8 Å². The van der Waals surface area contributed by atoms with Gasteiger partial charge in [-0.1, -0.05) is 13.8 Å². The smallest absolute Gasteiger partial charge is 0.213 e. The predicted molar refractivity (Wildman–Crippen MR) is 64.7 cm³/mol. The van der Waals surface area contributed by atoms with Gasteiger partial charge in [-0.3, -0.25) is 0 Å². The van der Waals surface area contributed by atoms with Gasteiger partial charge >= 0.3 is 0 Å². The molecule has 0 aliphatic carbocycles. The van der Waals surface area contributed by atoms with Crippen molar-refractivity contribution in [3.63, 3.8) is 0 Å². The van der Waals surface area contributed by atoms with Crippen molar-refractivity contribution in [3.8, 4) is 5.88 Å². The molecule has 2 rings (SSSR count). The zero-order valence-corrected chi connectivity index (χ0v) is 10.4. The fourth-order valence-corrected chi connectivity index (χ4v) is 1.51. The van der Waals surface area contributed by atoms with Gasteiger partial charge in [-0.2, -0.15) is 0 Å². The summed E-state index contributed by atoms with van der Waals surface area (Å²) in [5, 5.41) is 0. The molecule has 16 heavy (non-hydrogen) atoms. The third-order valence-corrected chi connectivity index (χ3v) is 2.38. The third kappa shape index (κ3) is 4.19. The van der Waals surface area contributed by atoms with Gasteiger partial charge in [-0.05, 0) is 25.0 Å². The number of hydrogen-bond donors (Lipinski definition) is 0. The summed E-state index contributed by atoms with van der Waals surface area (Å²) in [6, 6.07) is 3.92. The van der Waals surface area contributed by atoms with Crippen LogP contribution in [0.5, 0.6) is 5.88 Å². The van der Waals surface area contributed by atoms with Crippen LogP contribution in [-0.2, 0) is 4.74 Å². The SMILES string of the molecule is CC.Cc1ccnc(OCC2CCOC2)c1. The first-order chi connectivity index (χ1) is 7.84. The number of aryl methyl sites for hydroxylation is 1. The molecule has 3 heteroatoms.